The Morgan fingerprint density at radius 3 is 2.63 bits per heavy atom. The molecule has 1 saturated heterocycles. The summed E-state index contributed by atoms with van der Waals surface area (Å²) in [5.74, 6) is 0.0885. The fourth-order valence-corrected chi connectivity index (χ4v) is 4.23. The van der Waals surface area contributed by atoms with Gasteiger partial charge in [-0.15, -0.1) is 0 Å². The summed E-state index contributed by atoms with van der Waals surface area (Å²) in [6.45, 7) is 5.12. The third-order valence-corrected chi connectivity index (χ3v) is 6.03. The molecular formula is C13H17BrFNO2S. The van der Waals surface area contributed by atoms with Gasteiger partial charge in [-0.2, -0.15) is 4.31 Å². The van der Waals surface area contributed by atoms with Crippen molar-refractivity contribution in [1.29, 1.82) is 0 Å². The van der Waals surface area contributed by atoms with E-state index in [4.69, 9.17) is 0 Å². The first-order valence-electron chi connectivity index (χ1n) is 6.27. The van der Waals surface area contributed by atoms with Gasteiger partial charge in [0.1, 0.15) is 10.7 Å². The van der Waals surface area contributed by atoms with E-state index in [-0.39, 0.29) is 4.90 Å². The van der Waals surface area contributed by atoms with E-state index in [1.807, 2.05) is 0 Å². The van der Waals surface area contributed by atoms with Crippen LogP contribution in [0.4, 0.5) is 4.39 Å². The number of rotatable bonds is 3. The highest BCUT2D eigenvalue weighted by atomic mass is 79.9. The van der Waals surface area contributed by atoms with Crippen LogP contribution in [0.5, 0.6) is 0 Å². The van der Waals surface area contributed by atoms with Crippen LogP contribution in [0.1, 0.15) is 20.3 Å². The minimum absolute atomic E-state index is 0.236. The molecule has 0 bridgehead atoms. The maximum atomic E-state index is 13.8. The molecule has 1 aromatic carbocycles. The second-order valence-electron chi connectivity index (χ2n) is 5.23. The molecule has 1 unspecified atom stereocenters. The van der Waals surface area contributed by atoms with E-state index in [0.717, 1.165) is 6.42 Å². The number of benzene rings is 1. The van der Waals surface area contributed by atoms with Crippen molar-refractivity contribution >= 4 is 26.0 Å². The molecule has 0 aliphatic carbocycles. The SMILES string of the molecule is CC(C)C1CCN(S(=O)(=O)c2ccc(Br)cc2F)C1. The maximum absolute atomic E-state index is 13.8. The molecule has 0 amide bonds. The Labute approximate surface area is 122 Å². The first-order valence-corrected chi connectivity index (χ1v) is 8.51. The lowest BCUT2D eigenvalue weighted by Gasteiger charge is -2.18. The summed E-state index contributed by atoms with van der Waals surface area (Å²) in [6.07, 6.45) is 0.842. The topological polar surface area (TPSA) is 37.4 Å². The van der Waals surface area contributed by atoms with Crippen LogP contribution in [0.15, 0.2) is 27.6 Å². The lowest BCUT2D eigenvalue weighted by molar-refractivity contribution is 0.387. The molecule has 0 radical (unpaired) electrons. The number of nitrogens with zero attached hydrogens (tertiary/aromatic N) is 1. The van der Waals surface area contributed by atoms with E-state index >= 15 is 0 Å². The quantitative estimate of drug-likeness (QED) is 0.839. The summed E-state index contributed by atoms with van der Waals surface area (Å²) >= 11 is 3.13. The number of sulfonamides is 1. The van der Waals surface area contributed by atoms with Gasteiger partial charge in [0.2, 0.25) is 10.0 Å². The van der Waals surface area contributed by atoms with Gasteiger partial charge < -0.3 is 0 Å². The second-order valence-corrected chi connectivity index (χ2v) is 8.05. The zero-order valence-corrected chi connectivity index (χ0v) is 13.3. The van der Waals surface area contributed by atoms with Crippen LogP contribution < -0.4 is 0 Å². The lowest BCUT2D eigenvalue weighted by atomic mass is 9.96. The third-order valence-electron chi connectivity index (χ3n) is 3.64. The minimum Gasteiger partial charge on any atom is -0.207 e. The Morgan fingerprint density at radius 1 is 1.42 bits per heavy atom. The highest BCUT2D eigenvalue weighted by molar-refractivity contribution is 9.10. The van der Waals surface area contributed by atoms with Crippen molar-refractivity contribution in [3.8, 4) is 0 Å². The Balaban J connectivity index is 2.29. The number of hydrogen-bond acceptors (Lipinski definition) is 2. The average Bonchev–Trinajstić information content (AvgIpc) is 2.78. The maximum Gasteiger partial charge on any atom is 0.245 e. The van der Waals surface area contributed by atoms with Crippen molar-refractivity contribution in [3.05, 3.63) is 28.5 Å². The molecule has 106 valence electrons. The third kappa shape index (κ3) is 3.01. The summed E-state index contributed by atoms with van der Waals surface area (Å²) in [6, 6.07) is 4.05. The fourth-order valence-electron chi connectivity index (χ4n) is 2.34. The molecule has 1 fully saturated rings. The van der Waals surface area contributed by atoms with Gasteiger partial charge in [0.15, 0.2) is 0 Å². The van der Waals surface area contributed by atoms with Gasteiger partial charge >= 0.3 is 0 Å². The fraction of sp³-hybridized carbons (Fsp3) is 0.538. The van der Waals surface area contributed by atoms with Crippen LogP contribution >= 0.6 is 15.9 Å². The van der Waals surface area contributed by atoms with Crippen molar-refractivity contribution in [3.63, 3.8) is 0 Å². The normalized spacial score (nSPS) is 21.2. The minimum atomic E-state index is -3.72. The summed E-state index contributed by atoms with van der Waals surface area (Å²) < 4.78 is 40.6. The van der Waals surface area contributed by atoms with Gasteiger partial charge in [-0.1, -0.05) is 29.8 Å². The van der Waals surface area contributed by atoms with Crippen LogP contribution in [0.25, 0.3) is 0 Å². The molecular weight excluding hydrogens is 333 g/mol. The van der Waals surface area contributed by atoms with Gasteiger partial charge in [-0.25, -0.2) is 12.8 Å². The highest BCUT2D eigenvalue weighted by Gasteiger charge is 2.35. The van der Waals surface area contributed by atoms with Crippen LogP contribution in [-0.4, -0.2) is 25.8 Å². The predicted molar refractivity (Wildman–Crippen MR) is 75.8 cm³/mol. The first-order chi connectivity index (χ1) is 8.82. The van der Waals surface area contributed by atoms with Crippen LogP contribution in [0.2, 0.25) is 0 Å². The van der Waals surface area contributed by atoms with Crippen molar-refractivity contribution < 1.29 is 12.8 Å². The predicted octanol–water partition coefficient (Wildman–Crippen LogP) is 3.25. The summed E-state index contributed by atoms with van der Waals surface area (Å²) in [7, 11) is -3.72. The molecule has 0 saturated carbocycles. The van der Waals surface area contributed by atoms with Crippen molar-refractivity contribution in [1.82, 2.24) is 4.31 Å². The van der Waals surface area contributed by atoms with Crippen LogP contribution in [-0.2, 0) is 10.0 Å². The second kappa shape index (κ2) is 5.50. The van der Waals surface area contributed by atoms with E-state index < -0.39 is 15.8 Å². The van der Waals surface area contributed by atoms with E-state index in [1.165, 1.54) is 16.4 Å². The molecule has 1 heterocycles. The molecule has 6 heteroatoms. The van der Waals surface area contributed by atoms with Gasteiger partial charge in [0, 0.05) is 17.6 Å². The van der Waals surface area contributed by atoms with Gasteiger partial charge in [-0.05, 0) is 36.5 Å². The van der Waals surface area contributed by atoms with Crippen molar-refractivity contribution in [2.75, 3.05) is 13.1 Å². The molecule has 0 spiro atoms. The smallest absolute Gasteiger partial charge is 0.207 e. The van der Waals surface area contributed by atoms with E-state index in [1.54, 1.807) is 6.07 Å². The molecule has 0 N–H and O–H groups in total. The molecule has 19 heavy (non-hydrogen) atoms. The Morgan fingerprint density at radius 2 is 2.11 bits per heavy atom. The molecule has 1 aliphatic rings. The summed E-state index contributed by atoms with van der Waals surface area (Å²) in [5.41, 5.74) is 0. The zero-order valence-electron chi connectivity index (χ0n) is 10.9. The summed E-state index contributed by atoms with van der Waals surface area (Å²) in [5, 5.41) is 0. The molecule has 0 aromatic heterocycles. The zero-order chi connectivity index (χ0) is 14.2. The van der Waals surface area contributed by atoms with Crippen molar-refractivity contribution in [2.24, 2.45) is 11.8 Å². The Bertz CT molecular complexity index is 574. The Kier molecular flexibility index (Phi) is 4.32. The van der Waals surface area contributed by atoms with Crippen LogP contribution in [0, 0.1) is 17.7 Å². The molecule has 1 aliphatic heterocycles. The average molecular weight is 350 g/mol. The van der Waals surface area contributed by atoms with Crippen molar-refractivity contribution in [2.45, 2.75) is 25.2 Å². The van der Waals surface area contributed by atoms with E-state index in [2.05, 4.69) is 29.8 Å². The van der Waals surface area contributed by atoms with Gasteiger partial charge in [0.25, 0.3) is 0 Å². The number of hydrogen-bond donors (Lipinski definition) is 0. The molecule has 2 rings (SSSR count). The lowest BCUT2D eigenvalue weighted by Crippen LogP contribution is -2.30. The monoisotopic (exact) mass is 349 g/mol. The largest absolute Gasteiger partial charge is 0.245 e. The van der Waals surface area contributed by atoms with Gasteiger partial charge in [-0.3, -0.25) is 0 Å². The standard InChI is InChI=1S/C13H17BrFNO2S/c1-9(2)10-5-6-16(8-10)19(17,18)13-4-3-11(14)7-12(13)15/h3-4,7,9-10H,5-6,8H2,1-2H3. The highest BCUT2D eigenvalue weighted by Crippen LogP contribution is 2.30. The molecule has 1 aromatic rings. The number of halogens is 2. The Hall–Kier alpha value is -0.460. The first kappa shape index (κ1) is 14.9. The van der Waals surface area contributed by atoms with E-state index in [0.29, 0.717) is 29.4 Å². The van der Waals surface area contributed by atoms with E-state index in [9.17, 15) is 12.8 Å². The van der Waals surface area contributed by atoms with Gasteiger partial charge in [0.05, 0.1) is 0 Å². The molecule has 1 atom stereocenters. The van der Waals surface area contributed by atoms with Crippen LogP contribution in [0.3, 0.4) is 0 Å². The molecule has 3 nitrogen and oxygen atoms in total. The summed E-state index contributed by atoms with van der Waals surface area (Å²) in [4.78, 5) is -0.236.